The van der Waals surface area contributed by atoms with Crippen LogP contribution in [0.4, 0.5) is 5.69 Å². The van der Waals surface area contributed by atoms with Crippen molar-refractivity contribution in [2.24, 2.45) is 0 Å². The van der Waals surface area contributed by atoms with Crippen molar-refractivity contribution in [2.75, 3.05) is 24.3 Å². The molecule has 1 heterocycles. The second-order valence-corrected chi connectivity index (χ2v) is 8.77. The fourth-order valence-electron chi connectivity index (χ4n) is 3.33. The number of ether oxygens (including phenoxy) is 1. The second kappa shape index (κ2) is 7.11. The predicted octanol–water partition coefficient (Wildman–Crippen LogP) is 2.11. The topological polar surface area (TPSA) is 110 Å². The molecule has 1 amide bonds. The van der Waals surface area contributed by atoms with Crippen LogP contribution in [0.25, 0.3) is 0 Å². The van der Waals surface area contributed by atoms with Crippen molar-refractivity contribution in [1.29, 1.82) is 0 Å². The Labute approximate surface area is 158 Å². The molecule has 0 saturated carbocycles. The molecular weight excluding hydrogens is 368 g/mol. The zero-order valence-corrected chi connectivity index (χ0v) is 16.0. The van der Waals surface area contributed by atoms with Gasteiger partial charge in [0, 0.05) is 18.5 Å². The summed E-state index contributed by atoms with van der Waals surface area (Å²) in [5, 5.41) is 9.94. The fourth-order valence-corrected chi connectivity index (χ4v) is 4.27. The van der Waals surface area contributed by atoms with Crippen LogP contribution in [-0.4, -0.2) is 42.9 Å². The first-order valence-electron chi connectivity index (χ1n) is 8.53. The summed E-state index contributed by atoms with van der Waals surface area (Å²) in [6, 6.07) is 9.13. The Balaban J connectivity index is 2.05. The molecule has 1 aliphatic heterocycles. The van der Waals surface area contributed by atoms with Crippen LogP contribution in [0.1, 0.15) is 34.5 Å². The molecule has 2 aromatic carbocycles. The van der Waals surface area contributed by atoms with E-state index >= 15 is 0 Å². The van der Waals surface area contributed by atoms with Crippen LogP contribution >= 0.6 is 0 Å². The van der Waals surface area contributed by atoms with E-state index in [0.29, 0.717) is 23.4 Å². The van der Waals surface area contributed by atoms with Gasteiger partial charge in [-0.1, -0.05) is 18.2 Å². The van der Waals surface area contributed by atoms with E-state index in [0.717, 1.165) is 11.8 Å². The quantitative estimate of drug-likeness (QED) is 0.731. The minimum atomic E-state index is -3.39. The van der Waals surface area contributed by atoms with E-state index in [2.05, 4.69) is 0 Å². The van der Waals surface area contributed by atoms with Gasteiger partial charge in [0.05, 0.1) is 24.0 Å². The number of amides is 1. The lowest BCUT2D eigenvalue weighted by atomic mass is 10.1. The Morgan fingerprint density at radius 1 is 1.30 bits per heavy atom. The average Bonchev–Trinajstić information content (AvgIpc) is 2.92. The number of fused-ring (bicyclic) bond motifs is 1. The lowest BCUT2D eigenvalue weighted by molar-refractivity contribution is 0.0719. The van der Waals surface area contributed by atoms with Crippen molar-refractivity contribution in [2.45, 2.75) is 19.5 Å². The van der Waals surface area contributed by atoms with E-state index in [1.165, 1.54) is 11.0 Å². The van der Waals surface area contributed by atoms with Crippen LogP contribution in [0.5, 0.6) is 11.5 Å². The average molecular weight is 390 g/mol. The molecule has 27 heavy (non-hydrogen) atoms. The van der Waals surface area contributed by atoms with Gasteiger partial charge in [-0.15, -0.1) is 0 Å². The molecule has 8 heteroatoms. The number of sulfone groups is 1. The Morgan fingerprint density at radius 3 is 2.67 bits per heavy atom. The molecule has 1 unspecified atom stereocenters. The van der Waals surface area contributed by atoms with Crippen molar-refractivity contribution in [3.8, 4) is 11.5 Å². The summed E-state index contributed by atoms with van der Waals surface area (Å²) >= 11 is 0. The molecule has 0 saturated heterocycles. The normalized spacial score (nSPS) is 14.9. The Morgan fingerprint density at radius 2 is 2.04 bits per heavy atom. The highest BCUT2D eigenvalue weighted by molar-refractivity contribution is 7.90. The van der Waals surface area contributed by atoms with Crippen molar-refractivity contribution in [3.63, 3.8) is 0 Å². The van der Waals surface area contributed by atoms with Crippen LogP contribution in [0, 0.1) is 0 Å². The number of aromatic hydroxyl groups is 1. The van der Waals surface area contributed by atoms with Gasteiger partial charge < -0.3 is 20.5 Å². The number of nitrogens with two attached hydrogens (primary N) is 1. The summed E-state index contributed by atoms with van der Waals surface area (Å²) in [6.07, 6.45) is 1.13. The molecule has 1 aliphatic rings. The van der Waals surface area contributed by atoms with Crippen LogP contribution < -0.4 is 10.5 Å². The number of phenolic OH excluding ortho intramolecular Hbond substituents is 1. The Kier molecular flexibility index (Phi) is 5.01. The van der Waals surface area contributed by atoms with Gasteiger partial charge in [0.1, 0.15) is 9.84 Å². The first-order chi connectivity index (χ1) is 12.7. The van der Waals surface area contributed by atoms with Crippen LogP contribution in [0.15, 0.2) is 36.4 Å². The summed E-state index contributed by atoms with van der Waals surface area (Å²) in [5.41, 5.74) is 8.08. The lowest BCUT2D eigenvalue weighted by Crippen LogP contribution is -2.33. The summed E-state index contributed by atoms with van der Waals surface area (Å²) in [5.74, 6) is -0.345. The summed E-state index contributed by atoms with van der Waals surface area (Å²) in [4.78, 5) is 14.5. The van der Waals surface area contributed by atoms with Crippen molar-refractivity contribution in [1.82, 2.24) is 4.90 Å². The second-order valence-electron chi connectivity index (χ2n) is 6.58. The zero-order chi connectivity index (χ0) is 19.8. The van der Waals surface area contributed by atoms with Crippen molar-refractivity contribution in [3.05, 3.63) is 53.1 Å². The molecule has 3 rings (SSSR count). The standard InChI is InChI=1S/C19H22N2O5S/c1-3-26-17-9-12(7-8-16(17)22)15(11-27(2,24)25)21-10-13-5-4-6-14(20)18(13)19(21)23/h4-9,15,22H,3,10-11,20H2,1-2H3. The van der Waals surface area contributed by atoms with E-state index in [9.17, 15) is 18.3 Å². The molecule has 0 aliphatic carbocycles. The van der Waals surface area contributed by atoms with E-state index in [1.807, 2.05) is 6.07 Å². The molecular formula is C19H22N2O5S. The maximum absolute atomic E-state index is 13.0. The summed E-state index contributed by atoms with van der Waals surface area (Å²) in [7, 11) is -3.39. The number of rotatable bonds is 6. The van der Waals surface area contributed by atoms with Gasteiger partial charge in [0.15, 0.2) is 11.5 Å². The highest BCUT2D eigenvalue weighted by atomic mass is 32.2. The number of phenols is 1. The number of carbonyl (C=O) groups is 1. The van der Waals surface area contributed by atoms with E-state index < -0.39 is 15.9 Å². The van der Waals surface area contributed by atoms with Gasteiger partial charge in [-0.2, -0.15) is 0 Å². The maximum Gasteiger partial charge on any atom is 0.257 e. The molecule has 7 nitrogen and oxygen atoms in total. The van der Waals surface area contributed by atoms with Crippen molar-refractivity contribution >= 4 is 21.4 Å². The van der Waals surface area contributed by atoms with Crippen LogP contribution in [-0.2, 0) is 16.4 Å². The van der Waals surface area contributed by atoms with Gasteiger partial charge in [-0.05, 0) is 36.2 Å². The predicted molar refractivity (Wildman–Crippen MR) is 102 cm³/mol. The molecule has 3 N–H and O–H groups in total. The number of hydrogen-bond donors (Lipinski definition) is 2. The third-order valence-electron chi connectivity index (χ3n) is 4.50. The third-order valence-corrected chi connectivity index (χ3v) is 5.42. The first kappa shape index (κ1) is 19.0. The van der Waals surface area contributed by atoms with E-state index in [4.69, 9.17) is 10.5 Å². The summed E-state index contributed by atoms with van der Waals surface area (Å²) < 4.78 is 29.5. The van der Waals surface area contributed by atoms with Gasteiger partial charge in [0.25, 0.3) is 5.91 Å². The zero-order valence-electron chi connectivity index (χ0n) is 15.2. The molecule has 0 spiro atoms. The minimum Gasteiger partial charge on any atom is -0.504 e. The monoisotopic (exact) mass is 390 g/mol. The van der Waals surface area contributed by atoms with Gasteiger partial charge in [0.2, 0.25) is 0 Å². The lowest BCUT2D eigenvalue weighted by Gasteiger charge is -2.28. The Bertz CT molecular complexity index is 988. The van der Waals surface area contributed by atoms with Gasteiger partial charge in [-0.3, -0.25) is 4.79 Å². The first-order valence-corrected chi connectivity index (χ1v) is 10.6. The van der Waals surface area contributed by atoms with Gasteiger partial charge in [-0.25, -0.2) is 8.42 Å². The molecule has 0 fully saturated rings. The van der Waals surface area contributed by atoms with Crippen LogP contribution in [0.2, 0.25) is 0 Å². The highest BCUT2D eigenvalue weighted by Crippen LogP contribution is 2.37. The molecule has 2 aromatic rings. The summed E-state index contributed by atoms with van der Waals surface area (Å²) in [6.45, 7) is 2.39. The molecule has 0 aromatic heterocycles. The maximum atomic E-state index is 13.0. The van der Waals surface area contributed by atoms with E-state index in [-0.39, 0.29) is 29.7 Å². The highest BCUT2D eigenvalue weighted by Gasteiger charge is 2.36. The Hall–Kier alpha value is -2.74. The fraction of sp³-hybridized carbons (Fsp3) is 0.316. The van der Waals surface area contributed by atoms with Crippen LogP contribution in [0.3, 0.4) is 0 Å². The number of nitrogen functional groups attached to an aromatic ring is 1. The van der Waals surface area contributed by atoms with Gasteiger partial charge >= 0.3 is 0 Å². The number of hydrogen-bond acceptors (Lipinski definition) is 6. The number of benzene rings is 2. The third kappa shape index (κ3) is 3.85. The van der Waals surface area contributed by atoms with Crippen molar-refractivity contribution < 1.29 is 23.1 Å². The number of nitrogens with zero attached hydrogens (tertiary/aromatic N) is 1. The number of carbonyl (C=O) groups excluding carboxylic acids is 1. The molecule has 0 radical (unpaired) electrons. The number of anilines is 1. The largest absolute Gasteiger partial charge is 0.504 e. The molecule has 1 atom stereocenters. The smallest absolute Gasteiger partial charge is 0.257 e. The van der Waals surface area contributed by atoms with E-state index in [1.54, 1.807) is 31.2 Å². The SMILES string of the molecule is CCOc1cc(C(CS(C)(=O)=O)N2Cc3cccc(N)c3C2=O)ccc1O. The molecule has 0 bridgehead atoms. The minimum absolute atomic E-state index is 0.0426. The molecule has 144 valence electrons.